The van der Waals surface area contributed by atoms with Crippen molar-refractivity contribution in [2.45, 2.75) is 25.8 Å². The van der Waals surface area contributed by atoms with Gasteiger partial charge < -0.3 is 13.6 Å². The van der Waals surface area contributed by atoms with E-state index in [1.807, 2.05) is 30.3 Å². The molecule has 1 aromatic rings. The van der Waals surface area contributed by atoms with Crippen LogP contribution in [0.5, 0.6) is 0 Å². The first-order chi connectivity index (χ1) is 9.68. The van der Waals surface area contributed by atoms with Crippen LogP contribution in [-0.2, 0) is 18.4 Å². The van der Waals surface area contributed by atoms with E-state index in [-0.39, 0.29) is 6.79 Å². The minimum Gasteiger partial charge on any atom is -0.436 e. The van der Waals surface area contributed by atoms with E-state index in [0.717, 1.165) is 30.1 Å². The molecule has 0 saturated carbocycles. The molecule has 0 saturated heterocycles. The van der Waals surface area contributed by atoms with Crippen molar-refractivity contribution in [2.24, 2.45) is 0 Å². The van der Waals surface area contributed by atoms with Crippen molar-refractivity contribution < 1.29 is 18.4 Å². The molecule has 0 bridgehead atoms. The summed E-state index contributed by atoms with van der Waals surface area (Å²) in [7, 11) is -0.901. The topological polar surface area (TPSA) is 44.8 Å². The average Bonchev–Trinajstić information content (AvgIpc) is 2.51. The quantitative estimate of drug-likeness (QED) is 0.304. The maximum atomic E-state index is 11.1. The molecule has 0 spiro atoms. The van der Waals surface area contributed by atoms with Gasteiger partial charge in [-0.15, -0.1) is 0 Å². The molecular weight excluding hydrogens is 272 g/mol. The summed E-state index contributed by atoms with van der Waals surface area (Å²) in [5, 5.41) is 1.05. The van der Waals surface area contributed by atoms with Crippen molar-refractivity contribution in [3.63, 3.8) is 0 Å². The second-order valence-electron chi connectivity index (χ2n) is 4.36. The molecule has 0 heterocycles. The Morgan fingerprint density at radius 2 is 2.05 bits per heavy atom. The number of unbranched alkanes of at least 4 members (excludes halogenated alkanes) is 1. The highest BCUT2D eigenvalue weighted by Gasteiger charge is 2.38. The van der Waals surface area contributed by atoms with E-state index in [4.69, 9.17) is 13.6 Å². The van der Waals surface area contributed by atoms with Gasteiger partial charge in [0.2, 0.25) is 0 Å². The maximum Gasteiger partial charge on any atom is 0.374 e. The number of benzene rings is 1. The third kappa shape index (κ3) is 4.59. The van der Waals surface area contributed by atoms with Gasteiger partial charge in [0.05, 0.1) is 0 Å². The molecule has 1 atom stereocenters. The predicted molar refractivity (Wildman–Crippen MR) is 80.8 cm³/mol. The van der Waals surface area contributed by atoms with Crippen LogP contribution in [0, 0.1) is 0 Å². The van der Waals surface area contributed by atoms with Gasteiger partial charge in [-0.2, -0.15) is 0 Å². The number of rotatable bonds is 9. The number of hydrogen-bond acceptors (Lipinski definition) is 4. The van der Waals surface area contributed by atoms with Crippen molar-refractivity contribution in [1.29, 1.82) is 0 Å². The normalized spacial score (nSPS) is 13.5. The Kier molecular flexibility index (Phi) is 7.21. The fraction of sp³-hybridized carbons (Fsp3) is 0.400. The summed E-state index contributed by atoms with van der Waals surface area (Å²) >= 11 is 0. The largest absolute Gasteiger partial charge is 0.436 e. The molecular formula is C15H22O4Si. The van der Waals surface area contributed by atoms with Crippen molar-refractivity contribution >= 4 is 19.7 Å². The fourth-order valence-corrected chi connectivity index (χ4v) is 4.85. The van der Waals surface area contributed by atoms with E-state index in [1.165, 1.54) is 0 Å². The Balaban J connectivity index is 2.82. The second-order valence-corrected chi connectivity index (χ2v) is 7.64. The van der Waals surface area contributed by atoms with Crippen LogP contribution in [0.3, 0.4) is 0 Å². The van der Waals surface area contributed by atoms with Crippen molar-refractivity contribution in [2.75, 3.05) is 13.9 Å². The van der Waals surface area contributed by atoms with Crippen LogP contribution in [-0.4, -0.2) is 28.4 Å². The van der Waals surface area contributed by atoms with Crippen LogP contribution in [0.25, 0.3) is 0 Å². The van der Waals surface area contributed by atoms with Crippen LogP contribution in [0.2, 0.25) is 6.04 Å². The average molecular weight is 294 g/mol. The number of esters is 1. The Morgan fingerprint density at radius 3 is 2.60 bits per heavy atom. The lowest BCUT2D eigenvalue weighted by molar-refractivity contribution is -0.145. The third-order valence-corrected chi connectivity index (χ3v) is 6.53. The first kappa shape index (κ1) is 16.6. The number of ether oxygens (including phenoxy) is 1. The molecule has 0 radical (unpaired) electrons. The zero-order valence-electron chi connectivity index (χ0n) is 12.1. The van der Waals surface area contributed by atoms with Crippen LogP contribution < -0.4 is 5.19 Å². The van der Waals surface area contributed by atoms with E-state index in [2.05, 4.69) is 13.5 Å². The highest BCUT2D eigenvalue weighted by atomic mass is 28.4. The molecule has 0 aliphatic rings. The molecule has 1 unspecified atom stereocenters. The first-order valence-corrected chi connectivity index (χ1v) is 8.74. The molecule has 0 fully saturated rings. The van der Waals surface area contributed by atoms with Crippen LogP contribution in [0.15, 0.2) is 43.0 Å². The zero-order chi connectivity index (χ0) is 14.8. The minimum absolute atomic E-state index is 0.108. The molecule has 0 aliphatic carbocycles. The van der Waals surface area contributed by atoms with Crippen LogP contribution in [0.1, 0.15) is 19.8 Å². The van der Waals surface area contributed by atoms with Crippen molar-refractivity contribution in [1.82, 2.24) is 0 Å². The van der Waals surface area contributed by atoms with Gasteiger partial charge in [0, 0.05) is 13.2 Å². The highest BCUT2D eigenvalue weighted by Crippen LogP contribution is 2.17. The lowest BCUT2D eigenvalue weighted by Gasteiger charge is -2.29. The maximum absolute atomic E-state index is 11.1. The van der Waals surface area contributed by atoms with Crippen molar-refractivity contribution in [3.05, 3.63) is 43.0 Å². The van der Waals surface area contributed by atoms with Crippen molar-refractivity contribution in [3.8, 4) is 0 Å². The van der Waals surface area contributed by atoms with Gasteiger partial charge in [-0.1, -0.05) is 56.7 Å². The number of carbonyl (C=O) groups excluding carboxylic acids is 1. The molecule has 1 aromatic carbocycles. The molecule has 110 valence electrons. The van der Waals surface area contributed by atoms with Crippen LogP contribution in [0.4, 0.5) is 0 Å². The van der Waals surface area contributed by atoms with E-state index in [0.29, 0.717) is 0 Å². The summed E-state index contributed by atoms with van der Waals surface area (Å²) in [6.07, 6.45) is 3.18. The molecule has 20 heavy (non-hydrogen) atoms. The Bertz CT molecular complexity index is 421. The molecule has 0 aliphatic heterocycles. The van der Waals surface area contributed by atoms with Gasteiger partial charge >= 0.3 is 14.5 Å². The number of hydrogen-bond donors (Lipinski definition) is 0. The summed E-state index contributed by atoms with van der Waals surface area (Å²) in [5.74, 6) is -0.493. The lowest BCUT2D eigenvalue weighted by atomic mass is 10.4. The van der Waals surface area contributed by atoms with Gasteiger partial charge in [0.15, 0.2) is 6.79 Å². The summed E-state index contributed by atoms with van der Waals surface area (Å²) in [6, 6.07) is 10.7. The van der Waals surface area contributed by atoms with Gasteiger partial charge in [-0.3, -0.25) is 0 Å². The molecule has 5 heteroatoms. The minimum atomic E-state index is -2.56. The number of carbonyl (C=O) groups is 1. The molecule has 1 rings (SSSR count). The zero-order valence-corrected chi connectivity index (χ0v) is 13.1. The van der Waals surface area contributed by atoms with Gasteiger partial charge in [-0.05, 0) is 11.2 Å². The molecule has 0 amide bonds. The summed E-state index contributed by atoms with van der Waals surface area (Å²) in [6.45, 7) is 5.37. The predicted octanol–water partition coefficient (Wildman–Crippen LogP) is 2.49. The Labute approximate surface area is 121 Å². The first-order valence-electron chi connectivity index (χ1n) is 6.72. The van der Waals surface area contributed by atoms with E-state index in [1.54, 1.807) is 7.11 Å². The molecule has 0 aromatic heterocycles. The summed E-state index contributed by atoms with van der Waals surface area (Å²) < 4.78 is 16.5. The van der Waals surface area contributed by atoms with E-state index < -0.39 is 14.5 Å². The third-order valence-electron chi connectivity index (χ3n) is 3.06. The van der Waals surface area contributed by atoms with Crippen LogP contribution >= 0.6 is 0 Å². The Morgan fingerprint density at radius 1 is 1.35 bits per heavy atom. The lowest BCUT2D eigenvalue weighted by Crippen LogP contribution is -2.53. The van der Waals surface area contributed by atoms with E-state index in [9.17, 15) is 4.79 Å². The standard InChI is InChI=1S/C15H22O4Si/c1-4-6-12-20(17-3,14-10-8-7-9-11-14)19-13-18-15(16)5-2/h5,7-11H,2,4,6,12-13H2,1,3H3. The van der Waals surface area contributed by atoms with E-state index >= 15 is 0 Å². The second kappa shape index (κ2) is 8.68. The summed E-state index contributed by atoms with van der Waals surface area (Å²) in [5.41, 5.74) is 0. The molecule has 0 N–H and O–H groups in total. The smallest absolute Gasteiger partial charge is 0.374 e. The monoisotopic (exact) mass is 294 g/mol. The van der Waals surface area contributed by atoms with Gasteiger partial charge in [0.1, 0.15) is 0 Å². The van der Waals surface area contributed by atoms with Gasteiger partial charge in [0.25, 0.3) is 0 Å². The molecule has 4 nitrogen and oxygen atoms in total. The SMILES string of the molecule is C=CC(=O)OCO[Si](CCCC)(OC)c1ccccc1. The Hall–Kier alpha value is -1.43. The summed E-state index contributed by atoms with van der Waals surface area (Å²) in [4.78, 5) is 11.1. The van der Waals surface area contributed by atoms with Gasteiger partial charge in [-0.25, -0.2) is 4.79 Å². The highest BCUT2D eigenvalue weighted by molar-refractivity contribution is 6.81. The fourth-order valence-electron chi connectivity index (χ4n) is 1.92.